The minimum absolute atomic E-state index is 0.383. The molecule has 2 N–H and O–H groups in total. The summed E-state index contributed by atoms with van der Waals surface area (Å²) in [6.07, 6.45) is 3.39. The first-order valence-corrected chi connectivity index (χ1v) is 11.8. The van der Waals surface area contributed by atoms with E-state index in [-0.39, 0.29) is 0 Å². The Labute approximate surface area is 209 Å². The Morgan fingerprint density at radius 1 is 0.914 bits per heavy atom. The summed E-state index contributed by atoms with van der Waals surface area (Å²) in [7, 11) is 0. The van der Waals surface area contributed by atoms with Gasteiger partial charge in [0.25, 0.3) is 0 Å². The van der Waals surface area contributed by atoms with Crippen molar-refractivity contribution in [2.75, 3.05) is 10.6 Å². The first-order valence-electron chi connectivity index (χ1n) is 11.4. The van der Waals surface area contributed by atoms with Gasteiger partial charge in [0, 0.05) is 11.3 Å². The number of benzene rings is 3. The number of anilines is 2. The van der Waals surface area contributed by atoms with Crippen molar-refractivity contribution in [2.45, 2.75) is 26.7 Å². The number of rotatable bonds is 5. The van der Waals surface area contributed by atoms with E-state index < -0.39 is 0 Å². The van der Waals surface area contributed by atoms with Crippen LogP contribution in [0.2, 0.25) is 0 Å². The second-order valence-corrected chi connectivity index (χ2v) is 9.04. The van der Waals surface area contributed by atoms with Crippen molar-refractivity contribution in [1.82, 2.24) is 24.7 Å². The van der Waals surface area contributed by atoms with E-state index in [1.807, 2.05) is 48.5 Å². The molecule has 35 heavy (non-hydrogen) atoms. The maximum Gasteiger partial charge on any atom is 0.181 e. The molecule has 7 nitrogen and oxygen atoms in total. The molecule has 0 aliphatic carbocycles. The third-order valence-corrected chi connectivity index (χ3v) is 5.87. The van der Waals surface area contributed by atoms with Crippen LogP contribution in [0.3, 0.4) is 0 Å². The standard InChI is InChI=1S/C27H25N7S/c1-17(2)21-6-4-5-7-22(21)31-27(35)32-25-15-28-24-14-19(10-13-23(24)30-25)26-29-16-34(33-26)20-11-8-18(3)9-12-20/h4-17H,1-3H3,(H2,30,31,32,35). The molecule has 0 radical (unpaired) electrons. The lowest BCUT2D eigenvalue weighted by Gasteiger charge is -2.15. The average Bonchev–Trinajstić information content (AvgIpc) is 3.34. The highest BCUT2D eigenvalue weighted by molar-refractivity contribution is 7.80. The summed E-state index contributed by atoms with van der Waals surface area (Å²) in [6.45, 7) is 6.37. The Kier molecular flexibility index (Phi) is 6.20. The number of hydrogen-bond acceptors (Lipinski definition) is 5. The topological polar surface area (TPSA) is 80.5 Å². The van der Waals surface area contributed by atoms with E-state index in [0.29, 0.717) is 22.7 Å². The third kappa shape index (κ3) is 5.02. The summed E-state index contributed by atoms with van der Waals surface area (Å²) in [5.74, 6) is 1.59. The van der Waals surface area contributed by atoms with E-state index in [1.165, 1.54) is 11.1 Å². The van der Waals surface area contributed by atoms with Gasteiger partial charge in [-0.1, -0.05) is 49.7 Å². The zero-order valence-corrected chi connectivity index (χ0v) is 20.5. The SMILES string of the molecule is Cc1ccc(-n2cnc(-c3ccc4nc(NC(=S)Nc5ccccc5C(C)C)cnc4c3)n2)cc1. The molecular weight excluding hydrogens is 454 g/mol. The van der Waals surface area contributed by atoms with Gasteiger partial charge in [-0.25, -0.2) is 14.6 Å². The molecule has 3 aromatic carbocycles. The second-order valence-electron chi connectivity index (χ2n) is 8.63. The van der Waals surface area contributed by atoms with Crippen LogP contribution in [0.4, 0.5) is 11.5 Å². The summed E-state index contributed by atoms with van der Waals surface area (Å²) < 4.78 is 1.77. The molecule has 5 rings (SSSR count). The van der Waals surface area contributed by atoms with Crippen molar-refractivity contribution in [1.29, 1.82) is 0 Å². The second kappa shape index (κ2) is 9.60. The van der Waals surface area contributed by atoms with Crippen LogP contribution >= 0.6 is 12.2 Å². The smallest absolute Gasteiger partial charge is 0.181 e. The average molecular weight is 480 g/mol. The van der Waals surface area contributed by atoms with E-state index in [2.05, 4.69) is 69.7 Å². The van der Waals surface area contributed by atoms with Gasteiger partial charge in [-0.3, -0.25) is 4.98 Å². The molecule has 0 spiro atoms. The molecule has 2 aromatic heterocycles. The highest BCUT2D eigenvalue weighted by atomic mass is 32.1. The number of aryl methyl sites for hydroxylation is 1. The molecule has 0 amide bonds. The highest BCUT2D eigenvalue weighted by Gasteiger charge is 2.10. The van der Waals surface area contributed by atoms with E-state index in [4.69, 9.17) is 12.2 Å². The molecule has 0 bridgehead atoms. The number of nitrogens with zero attached hydrogens (tertiary/aromatic N) is 5. The fraction of sp³-hybridized carbons (Fsp3) is 0.148. The van der Waals surface area contributed by atoms with Crippen molar-refractivity contribution in [3.8, 4) is 17.1 Å². The summed E-state index contributed by atoms with van der Waals surface area (Å²) in [5, 5.41) is 11.5. The van der Waals surface area contributed by atoms with Crippen molar-refractivity contribution in [2.24, 2.45) is 0 Å². The predicted molar refractivity (Wildman–Crippen MR) is 145 cm³/mol. The molecule has 2 heterocycles. The Morgan fingerprint density at radius 2 is 1.71 bits per heavy atom. The Morgan fingerprint density at radius 3 is 2.51 bits per heavy atom. The van der Waals surface area contributed by atoms with Gasteiger partial charge >= 0.3 is 0 Å². The summed E-state index contributed by atoms with van der Waals surface area (Å²) in [5.41, 5.74) is 6.73. The zero-order chi connectivity index (χ0) is 24.4. The summed E-state index contributed by atoms with van der Waals surface area (Å²) in [4.78, 5) is 13.7. The number of hydrogen-bond donors (Lipinski definition) is 2. The largest absolute Gasteiger partial charge is 0.332 e. The van der Waals surface area contributed by atoms with Crippen LogP contribution in [0, 0.1) is 6.92 Å². The van der Waals surface area contributed by atoms with Crippen LogP contribution in [-0.4, -0.2) is 29.8 Å². The summed E-state index contributed by atoms with van der Waals surface area (Å²) in [6, 6.07) is 22.1. The van der Waals surface area contributed by atoms with Crippen LogP contribution in [-0.2, 0) is 0 Å². The van der Waals surface area contributed by atoms with Crippen LogP contribution in [0.15, 0.2) is 79.3 Å². The van der Waals surface area contributed by atoms with Crippen LogP contribution < -0.4 is 10.6 Å². The van der Waals surface area contributed by atoms with Crippen molar-refractivity contribution >= 4 is 39.9 Å². The molecule has 174 valence electrons. The minimum Gasteiger partial charge on any atom is -0.332 e. The third-order valence-electron chi connectivity index (χ3n) is 5.66. The molecule has 0 unspecified atom stereocenters. The van der Waals surface area contributed by atoms with Gasteiger partial charge in [0.1, 0.15) is 6.33 Å². The molecule has 0 aliphatic heterocycles. The van der Waals surface area contributed by atoms with E-state index in [1.54, 1.807) is 17.2 Å². The lowest BCUT2D eigenvalue weighted by molar-refractivity contribution is 0.869. The maximum atomic E-state index is 5.51. The van der Waals surface area contributed by atoms with Gasteiger partial charge in [-0.05, 0) is 67.0 Å². The molecule has 0 saturated heterocycles. The predicted octanol–water partition coefficient (Wildman–Crippen LogP) is 6.12. The van der Waals surface area contributed by atoms with Crippen molar-refractivity contribution < 1.29 is 0 Å². The van der Waals surface area contributed by atoms with Gasteiger partial charge in [0.15, 0.2) is 16.8 Å². The summed E-state index contributed by atoms with van der Waals surface area (Å²) >= 11 is 5.51. The molecule has 8 heteroatoms. The molecular formula is C27H25N7S. The van der Waals surface area contributed by atoms with Crippen LogP contribution in [0.1, 0.15) is 30.9 Å². The Bertz CT molecular complexity index is 1510. The number of thiocarbonyl (C=S) groups is 1. The van der Waals surface area contributed by atoms with Gasteiger partial charge in [0.2, 0.25) is 0 Å². The lowest BCUT2D eigenvalue weighted by atomic mass is 10.0. The molecule has 0 aliphatic rings. The molecule has 0 saturated carbocycles. The fourth-order valence-electron chi connectivity index (χ4n) is 3.81. The van der Waals surface area contributed by atoms with E-state index in [9.17, 15) is 0 Å². The lowest BCUT2D eigenvalue weighted by Crippen LogP contribution is -2.20. The fourth-order valence-corrected chi connectivity index (χ4v) is 4.03. The Hall–Kier alpha value is -4.17. The van der Waals surface area contributed by atoms with Gasteiger partial charge in [-0.2, -0.15) is 0 Å². The van der Waals surface area contributed by atoms with Crippen LogP contribution in [0.25, 0.3) is 28.1 Å². The number of fused-ring (bicyclic) bond motifs is 1. The van der Waals surface area contributed by atoms with E-state index in [0.717, 1.165) is 28.0 Å². The van der Waals surface area contributed by atoms with Crippen molar-refractivity contribution in [3.63, 3.8) is 0 Å². The zero-order valence-electron chi connectivity index (χ0n) is 19.7. The van der Waals surface area contributed by atoms with Gasteiger partial charge in [-0.15, -0.1) is 5.10 Å². The molecule has 0 fully saturated rings. The van der Waals surface area contributed by atoms with Gasteiger partial charge in [0.05, 0.1) is 22.9 Å². The first-order chi connectivity index (χ1) is 17.0. The molecule has 0 atom stereocenters. The molecule has 5 aromatic rings. The number of para-hydroxylation sites is 1. The minimum atomic E-state index is 0.383. The van der Waals surface area contributed by atoms with Crippen molar-refractivity contribution in [3.05, 3.63) is 90.4 Å². The maximum absolute atomic E-state index is 5.51. The first kappa shape index (κ1) is 22.6. The Balaban J connectivity index is 1.32. The van der Waals surface area contributed by atoms with E-state index >= 15 is 0 Å². The number of nitrogens with one attached hydrogen (secondary N) is 2. The number of aromatic nitrogens is 5. The monoisotopic (exact) mass is 479 g/mol. The highest BCUT2D eigenvalue weighted by Crippen LogP contribution is 2.24. The quantitative estimate of drug-likeness (QED) is 0.294. The normalized spacial score (nSPS) is 11.1. The van der Waals surface area contributed by atoms with Crippen LogP contribution in [0.5, 0.6) is 0 Å². The van der Waals surface area contributed by atoms with Gasteiger partial charge < -0.3 is 10.6 Å².